The topological polar surface area (TPSA) is 90.5 Å². The number of benzene rings is 1. The molecule has 0 aliphatic carbocycles. The zero-order chi connectivity index (χ0) is 24.7. The lowest BCUT2D eigenvalue weighted by Gasteiger charge is -2.36. The van der Waals surface area contributed by atoms with Gasteiger partial charge in [-0.1, -0.05) is 0 Å². The van der Waals surface area contributed by atoms with Crippen molar-refractivity contribution in [3.63, 3.8) is 0 Å². The largest absolute Gasteiger partial charge is 0.464 e. The Morgan fingerprint density at radius 1 is 1.18 bits per heavy atom. The molecule has 2 atom stereocenters. The summed E-state index contributed by atoms with van der Waals surface area (Å²) in [5.74, 6) is -6.58. The molecule has 0 fully saturated rings. The van der Waals surface area contributed by atoms with Crippen LogP contribution in [-0.4, -0.2) is 46.0 Å². The Balaban J connectivity index is 1.81. The maximum atomic E-state index is 13.9. The standard InChI is InChI=1S/C20H20F6N4O3/c1-9-17-16(18(32)33-2)28-19(20(24,25)26)30(17)4-3-29(9)15(31)7-11(27)5-10-6-13(22)14(23)8-12(10)21/h6,8-9,11H,3-5,7,27H2,1-2H3. The molecule has 0 bridgehead atoms. The maximum absolute atomic E-state index is 13.9. The van der Waals surface area contributed by atoms with Gasteiger partial charge < -0.3 is 19.9 Å². The van der Waals surface area contributed by atoms with Crippen molar-refractivity contribution in [3.8, 4) is 0 Å². The van der Waals surface area contributed by atoms with Crippen LogP contribution in [0.4, 0.5) is 26.3 Å². The zero-order valence-corrected chi connectivity index (χ0v) is 17.5. The molecule has 1 aromatic heterocycles. The molecule has 180 valence electrons. The van der Waals surface area contributed by atoms with Crippen LogP contribution in [0.15, 0.2) is 12.1 Å². The first-order valence-corrected chi connectivity index (χ1v) is 9.79. The Labute approximate surface area is 184 Å². The summed E-state index contributed by atoms with van der Waals surface area (Å²) in [6, 6.07) is -0.934. The molecule has 7 nitrogen and oxygen atoms in total. The van der Waals surface area contributed by atoms with Gasteiger partial charge in [-0.2, -0.15) is 13.2 Å². The van der Waals surface area contributed by atoms with Crippen molar-refractivity contribution in [1.82, 2.24) is 14.5 Å². The molecule has 0 saturated carbocycles. The van der Waals surface area contributed by atoms with Gasteiger partial charge in [-0.15, -0.1) is 0 Å². The van der Waals surface area contributed by atoms with Crippen molar-refractivity contribution < 1.29 is 40.7 Å². The van der Waals surface area contributed by atoms with Gasteiger partial charge >= 0.3 is 12.1 Å². The smallest absolute Gasteiger partial charge is 0.449 e. The highest BCUT2D eigenvalue weighted by atomic mass is 19.4. The normalized spacial score (nSPS) is 17.0. The molecule has 2 heterocycles. The molecule has 1 aromatic carbocycles. The summed E-state index contributed by atoms with van der Waals surface area (Å²) in [4.78, 5) is 29.5. The average molecular weight is 478 g/mol. The predicted octanol–water partition coefficient (Wildman–Crippen LogP) is 2.97. The van der Waals surface area contributed by atoms with Gasteiger partial charge in [0.15, 0.2) is 17.3 Å². The van der Waals surface area contributed by atoms with Crippen molar-refractivity contribution in [2.75, 3.05) is 13.7 Å². The lowest BCUT2D eigenvalue weighted by Crippen LogP contribution is -2.44. The van der Waals surface area contributed by atoms with E-state index in [-0.39, 0.29) is 37.2 Å². The number of nitrogens with zero attached hydrogens (tertiary/aromatic N) is 3. The van der Waals surface area contributed by atoms with E-state index < -0.39 is 59.1 Å². The van der Waals surface area contributed by atoms with Gasteiger partial charge in [0.2, 0.25) is 11.7 Å². The van der Waals surface area contributed by atoms with E-state index in [0.717, 1.165) is 11.7 Å². The number of hydrogen-bond acceptors (Lipinski definition) is 5. The van der Waals surface area contributed by atoms with E-state index in [1.807, 2.05) is 0 Å². The van der Waals surface area contributed by atoms with Crippen molar-refractivity contribution in [1.29, 1.82) is 0 Å². The van der Waals surface area contributed by atoms with E-state index in [1.54, 1.807) is 0 Å². The quantitative estimate of drug-likeness (QED) is 0.406. The fourth-order valence-corrected chi connectivity index (χ4v) is 3.88. The molecule has 1 aliphatic heterocycles. The number of fused-ring (bicyclic) bond motifs is 1. The van der Waals surface area contributed by atoms with Crippen molar-refractivity contribution in [2.45, 2.75) is 44.6 Å². The molecule has 1 aliphatic rings. The van der Waals surface area contributed by atoms with Gasteiger partial charge in [-0.3, -0.25) is 4.79 Å². The number of rotatable bonds is 5. The minimum Gasteiger partial charge on any atom is -0.464 e. The third kappa shape index (κ3) is 4.82. The fourth-order valence-electron chi connectivity index (χ4n) is 3.88. The number of imidazole rings is 1. The second-order valence-electron chi connectivity index (χ2n) is 7.60. The molecule has 3 rings (SSSR count). The Morgan fingerprint density at radius 3 is 2.42 bits per heavy atom. The van der Waals surface area contributed by atoms with E-state index in [2.05, 4.69) is 9.72 Å². The molecule has 2 N–H and O–H groups in total. The van der Waals surface area contributed by atoms with E-state index in [0.29, 0.717) is 12.1 Å². The van der Waals surface area contributed by atoms with E-state index in [4.69, 9.17) is 5.73 Å². The van der Waals surface area contributed by atoms with Crippen LogP contribution in [0.2, 0.25) is 0 Å². The van der Waals surface area contributed by atoms with Gasteiger partial charge in [0, 0.05) is 31.6 Å². The molecule has 13 heteroatoms. The summed E-state index contributed by atoms with van der Waals surface area (Å²) in [6.45, 7) is 1.02. The zero-order valence-electron chi connectivity index (χ0n) is 17.5. The Kier molecular flexibility index (Phi) is 6.73. The number of esters is 1. The van der Waals surface area contributed by atoms with E-state index in [9.17, 15) is 35.9 Å². The first-order valence-electron chi connectivity index (χ1n) is 9.79. The number of carbonyl (C=O) groups excluding carboxylic acids is 2. The SMILES string of the molecule is COC(=O)c1nc(C(F)(F)F)n2c1C(C)N(C(=O)CC(N)Cc1cc(F)c(F)cc1F)CC2. The third-order valence-electron chi connectivity index (χ3n) is 5.40. The minimum atomic E-state index is -4.83. The van der Waals surface area contributed by atoms with E-state index in [1.165, 1.54) is 11.8 Å². The highest BCUT2D eigenvalue weighted by molar-refractivity contribution is 5.89. The van der Waals surface area contributed by atoms with Crippen molar-refractivity contribution >= 4 is 11.9 Å². The molecule has 2 aromatic rings. The number of methoxy groups -OCH3 is 1. The summed E-state index contributed by atoms with van der Waals surface area (Å²) >= 11 is 0. The van der Waals surface area contributed by atoms with Crippen LogP contribution < -0.4 is 5.73 Å². The minimum absolute atomic E-state index is 0.126. The summed E-state index contributed by atoms with van der Waals surface area (Å²) in [5, 5.41) is 0. The van der Waals surface area contributed by atoms with Gasteiger partial charge in [0.05, 0.1) is 18.8 Å². The second kappa shape index (κ2) is 9.04. The second-order valence-corrected chi connectivity index (χ2v) is 7.60. The lowest BCUT2D eigenvalue weighted by atomic mass is 10.0. The van der Waals surface area contributed by atoms with Crippen molar-refractivity contribution in [2.24, 2.45) is 5.73 Å². The highest BCUT2D eigenvalue weighted by Gasteiger charge is 2.44. The first-order chi connectivity index (χ1) is 15.3. The highest BCUT2D eigenvalue weighted by Crippen LogP contribution is 2.36. The summed E-state index contributed by atoms with van der Waals surface area (Å²) < 4.78 is 85.9. The van der Waals surface area contributed by atoms with Crippen LogP contribution in [-0.2, 0) is 28.7 Å². The van der Waals surface area contributed by atoms with Gasteiger partial charge in [0.25, 0.3) is 0 Å². The number of ether oxygens (including phenoxy) is 1. The Morgan fingerprint density at radius 2 is 1.82 bits per heavy atom. The fraction of sp³-hybridized carbons (Fsp3) is 0.450. The number of alkyl halides is 3. The monoisotopic (exact) mass is 478 g/mol. The number of aromatic nitrogens is 2. The lowest BCUT2D eigenvalue weighted by molar-refractivity contribution is -0.148. The van der Waals surface area contributed by atoms with E-state index >= 15 is 0 Å². The number of carbonyl (C=O) groups is 2. The van der Waals surface area contributed by atoms with Crippen LogP contribution in [0.25, 0.3) is 0 Å². The van der Waals surface area contributed by atoms with Gasteiger partial charge in [-0.05, 0) is 25.0 Å². The molecule has 0 spiro atoms. The summed E-state index contributed by atoms with van der Waals surface area (Å²) in [6.07, 6.45) is -5.46. The molecule has 2 unspecified atom stereocenters. The van der Waals surface area contributed by atoms with Crippen LogP contribution >= 0.6 is 0 Å². The average Bonchev–Trinajstić information content (AvgIpc) is 3.12. The van der Waals surface area contributed by atoms with Gasteiger partial charge in [0.1, 0.15) is 5.82 Å². The molecule has 1 amide bonds. The summed E-state index contributed by atoms with van der Waals surface area (Å²) in [7, 11) is 0.994. The molecular formula is C20H20F6N4O3. The third-order valence-corrected chi connectivity index (χ3v) is 5.40. The Bertz CT molecular complexity index is 1080. The molecule has 0 saturated heterocycles. The number of hydrogen-bond donors (Lipinski definition) is 1. The molecule has 0 radical (unpaired) electrons. The van der Waals surface area contributed by atoms with Crippen LogP contribution in [0.1, 0.15) is 47.0 Å². The number of amides is 1. The number of halogens is 6. The number of nitrogens with two attached hydrogens (primary N) is 1. The first kappa shape index (κ1) is 24.6. The van der Waals surface area contributed by atoms with Crippen LogP contribution in [0.5, 0.6) is 0 Å². The molecular weight excluding hydrogens is 458 g/mol. The van der Waals surface area contributed by atoms with Gasteiger partial charge in [-0.25, -0.2) is 22.9 Å². The summed E-state index contributed by atoms with van der Waals surface area (Å²) in [5.41, 5.74) is 5.00. The van der Waals surface area contributed by atoms with Crippen LogP contribution in [0.3, 0.4) is 0 Å². The Hall–Kier alpha value is -3.09. The van der Waals surface area contributed by atoms with Crippen LogP contribution in [0, 0.1) is 17.5 Å². The maximum Gasteiger partial charge on any atom is 0.449 e. The molecule has 33 heavy (non-hydrogen) atoms. The van der Waals surface area contributed by atoms with Crippen molar-refractivity contribution in [3.05, 3.63) is 52.4 Å². The predicted molar refractivity (Wildman–Crippen MR) is 101 cm³/mol.